The van der Waals surface area contributed by atoms with Crippen molar-refractivity contribution < 1.29 is 27.2 Å². The number of halogens is 4. The van der Waals surface area contributed by atoms with Crippen LogP contribution in [0.3, 0.4) is 0 Å². The number of nitrogens with zero attached hydrogens (tertiary/aromatic N) is 4. The summed E-state index contributed by atoms with van der Waals surface area (Å²) in [5.41, 5.74) is -1.77. The molecule has 0 aromatic heterocycles. The van der Waals surface area contributed by atoms with E-state index in [1.54, 1.807) is 0 Å². The van der Waals surface area contributed by atoms with Crippen molar-refractivity contribution in [3.05, 3.63) is 69.8 Å². The first-order valence-corrected chi connectivity index (χ1v) is 11.8. The van der Waals surface area contributed by atoms with Crippen LogP contribution in [-0.2, 0) is 9.59 Å². The third-order valence-corrected chi connectivity index (χ3v) is 8.45. The maximum Gasteiger partial charge on any atom is 0.145 e. The molecule has 0 N–H and O–H groups in total. The molecule has 2 aromatic rings. The number of carbonyl (C=O) groups excluding carboxylic acids is 2. The fraction of sp³-hybridized carbons (Fsp3) is 0.357. The first-order valence-electron chi connectivity index (χ1n) is 11.8. The fourth-order valence-electron chi connectivity index (χ4n) is 6.83. The van der Waals surface area contributed by atoms with Crippen LogP contribution in [0.4, 0.5) is 17.6 Å². The Morgan fingerprint density at radius 2 is 1.00 bits per heavy atom. The lowest BCUT2D eigenvalue weighted by Gasteiger charge is -2.35. The van der Waals surface area contributed by atoms with Gasteiger partial charge in [0, 0.05) is 23.0 Å². The smallest absolute Gasteiger partial charge is 0.145 e. The van der Waals surface area contributed by atoms with Gasteiger partial charge >= 0.3 is 0 Å². The van der Waals surface area contributed by atoms with Gasteiger partial charge < -0.3 is 0 Å². The summed E-state index contributed by atoms with van der Waals surface area (Å²) in [6, 6.07) is 9.94. The van der Waals surface area contributed by atoms with E-state index in [-0.39, 0.29) is 24.0 Å². The number of benzene rings is 2. The first-order chi connectivity index (χ1) is 18.2. The number of nitriles is 4. The van der Waals surface area contributed by atoms with E-state index < -0.39 is 93.3 Å². The van der Waals surface area contributed by atoms with Crippen LogP contribution in [0, 0.1) is 104 Å². The number of hydrogen-bond acceptors (Lipinski definition) is 6. The zero-order chi connectivity index (χ0) is 27.5. The summed E-state index contributed by atoms with van der Waals surface area (Å²) in [6.07, 6.45) is 0.00808. The number of ketones is 2. The highest BCUT2D eigenvalue weighted by Gasteiger charge is 2.61. The molecule has 8 atom stereocenters. The molecule has 0 radical (unpaired) electrons. The Morgan fingerprint density at radius 1 is 0.605 bits per heavy atom. The Balaban J connectivity index is 1.52. The van der Waals surface area contributed by atoms with Crippen LogP contribution in [0.2, 0.25) is 0 Å². The molecule has 0 amide bonds. The molecule has 3 aliphatic rings. The molecular formula is C28H16F4N4O2. The first kappa shape index (κ1) is 25.1. The molecule has 6 nitrogen and oxygen atoms in total. The molecule has 0 spiro atoms. The van der Waals surface area contributed by atoms with Gasteiger partial charge in [-0.1, -0.05) is 0 Å². The van der Waals surface area contributed by atoms with Gasteiger partial charge in [-0.05, 0) is 48.9 Å². The topological polar surface area (TPSA) is 129 Å². The van der Waals surface area contributed by atoms with Gasteiger partial charge in [-0.3, -0.25) is 9.59 Å². The monoisotopic (exact) mass is 516 g/mol. The second kappa shape index (κ2) is 9.09. The molecule has 3 aliphatic carbocycles. The van der Waals surface area contributed by atoms with Crippen molar-refractivity contribution in [1.82, 2.24) is 0 Å². The zero-order valence-corrected chi connectivity index (χ0v) is 19.5. The van der Waals surface area contributed by atoms with Crippen LogP contribution in [0.5, 0.6) is 0 Å². The summed E-state index contributed by atoms with van der Waals surface area (Å²) in [6.45, 7) is 0. The molecule has 3 fully saturated rings. The van der Waals surface area contributed by atoms with Crippen molar-refractivity contribution >= 4 is 11.6 Å². The summed E-state index contributed by atoms with van der Waals surface area (Å²) >= 11 is 0. The van der Waals surface area contributed by atoms with Gasteiger partial charge in [-0.2, -0.15) is 21.0 Å². The van der Waals surface area contributed by atoms with E-state index >= 15 is 0 Å². The highest BCUT2D eigenvalue weighted by Crippen LogP contribution is 2.59. The van der Waals surface area contributed by atoms with Crippen molar-refractivity contribution in [1.29, 1.82) is 21.0 Å². The molecule has 5 rings (SSSR count). The molecule has 10 heteroatoms. The predicted molar refractivity (Wildman–Crippen MR) is 119 cm³/mol. The van der Waals surface area contributed by atoms with E-state index in [9.17, 15) is 37.7 Å². The lowest BCUT2D eigenvalue weighted by molar-refractivity contribution is -0.127. The highest BCUT2D eigenvalue weighted by atomic mass is 19.1. The molecule has 0 bridgehead atoms. The van der Waals surface area contributed by atoms with Gasteiger partial charge in [-0.15, -0.1) is 0 Å². The maximum absolute atomic E-state index is 14.8. The number of hydrogen-bond donors (Lipinski definition) is 0. The van der Waals surface area contributed by atoms with E-state index in [4.69, 9.17) is 10.5 Å². The third kappa shape index (κ3) is 3.49. The molecule has 8 unspecified atom stereocenters. The van der Waals surface area contributed by atoms with Crippen molar-refractivity contribution in [3.8, 4) is 24.3 Å². The third-order valence-electron chi connectivity index (χ3n) is 8.45. The minimum absolute atomic E-state index is 0.0584. The predicted octanol–water partition coefficient (Wildman–Crippen LogP) is 4.56. The Hall–Kier alpha value is -4.54. The van der Waals surface area contributed by atoms with Gasteiger partial charge in [0.25, 0.3) is 0 Å². The minimum atomic E-state index is -1.31. The Kier molecular flexibility index (Phi) is 6.01. The molecule has 188 valence electrons. The zero-order valence-electron chi connectivity index (χ0n) is 19.5. The quantitative estimate of drug-likeness (QED) is 0.538. The Morgan fingerprint density at radius 3 is 1.34 bits per heavy atom. The molecular weight excluding hydrogens is 500 g/mol. The number of Topliss-reactive ketones (excluding diaryl/α,β-unsaturated/α-hetero) is 2. The minimum Gasteiger partial charge on any atom is -0.299 e. The maximum atomic E-state index is 14.8. The van der Waals surface area contributed by atoms with Gasteiger partial charge in [0.2, 0.25) is 0 Å². The summed E-state index contributed by atoms with van der Waals surface area (Å²) in [5, 5.41) is 37.8. The normalized spacial score (nSPS) is 31.5. The SMILES string of the molecule is N#Cc1cc(F)c(C2C(=O)C3CC4C(=O)C(c5cc(F)c(C#N)cc5F)C(C#N)C4CC3C2C#N)cc1F. The van der Waals surface area contributed by atoms with Gasteiger partial charge in [0.15, 0.2) is 0 Å². The van der Waals surface area contributed by atoms with Crippen molar-refractivity contribution in [2.24, 2.45) is 35.5 Å². The van der Waals surface area contributed by atoms with E-state index in [1.165, 1.54) is 12.1 Å². The summed E-state index contributed by atoms with van der Waals surface area (Å²) in [4.78, 5) is 26.9. The second-order valence-corrected chi connectivity index (χ2v) is 10.0. The fourth-order valence-corrected chi connectivity index (χ4v) is 6.83. The molecule has 3 saturated carbocycles. The lowest BCUT2D eigenvalue weighted by atomic mass is 9.67. The van der Waals surface area contributed by atoms with Crippen LogP contribution in [-0.4, -0.2) is 11.6 Å². The summed E-state index contributed by atoms with van der Waals surface area (Å²) in [7, 11) is 0. The van der Waals surface area contributed by atoms with Crippen LogP contribution >= 0.6 is 0 Å². The van der Waals surface area contributed by atoms with Gasteiger partial charge in [0.1, 0.15) is 47.0 Å². The van der Waals surface area contributed by atoms with Gasteiger partial charge in [-0.25, -0.2) is 17.6 Å². The van der Waals surface area contributed by atoms with Crippen molar-refractivity contribution in [2.75, 3.05) is 0 Å². The highest BCUT2D eigenvalue weighted by molar-refractivity contribution is 5.95. The van der Waals surface area contributed by atoms with Crippen LogP contribution in [0.15, 0.2) is 24.3 Å². The Labute approximate surface area is 214 Å². The number of carbonyl (C=O) groups is 2. The molecule has 0 aliphatic heterocycles. The second-order valence-electron chi connectivity index (χ2n) is 10.0. The van der Waals surface area contributed by atoms with Crippen LogP contribution < -0.4 is 0 Å². The standard InChI is InChI=1S/C28H16F4N4O2/c29-21-5-17(23(31)1-11(21)7-33)25-19(9-35)13-3-14-16(4-15(13)27(25)37)28(38)26(20(14)10-36)18-6-22(30)12(8-34)2-24(18)32/h1-2,5-6,13-16,19-20,25-26H,3-4H2. The average molecular weight is 516 g/mol. The van der Waals surface area contributed by atoms with E-state index in [2.05, 4.69) is 0 Å². The molecule has 0 saturated heterocycles. The van der Waals surface area contributed by atoms with E-state index in [1.807, 2.05) is 12.1 Å². The number of rotatable bonds is 2. The van der Waals surface area contributed by atoms with Crippen molar-refractivity contribution in [3.63, 3.8) is 0 Å². The van der Waals surface area contributed by atoms with Crippen LogP contribution in [0.1, 0.15) is 46.9 Å². The lowest BCUT2D eigenvalue weighted by Crippen LogP contribution is -2.34. The largest absolute Gasteiger partial charge is 0.299 e. The average Bonchev–Trinajstić information content (AvgIpc) is 3.34. The molecule has 38 heavy (non-hydrogen) atoms. The van der Waals surface area contributed by atoms with E-state index in [0.717, 1.165) is 12.1 Å². The Bertz CT molecular complexity index is 1460. The van der Waals surface area contributed by atoms with Crippen LogP contribution in [0.25, 0.3) is 0 Å². The van der Waals surface area contributed by atoms with E-state index in [0.29, 0.717) is 12.1 Å². The summed E-state index contributed by atoms with van der Waals surface area (Å²) in [5.74, 6) is -12.9. The molecule has 0 heterocycles. The molecule has 2 aromatic carbocycles. The van der Waals surface area contributed by atoms with Gasteiger partial charge in [0.05, 0.1) is 46.9 Å². The number of fused-ring (bicyclic) bond motifs is 2. The summed E-state index contributed by atoms with van der Waals surface area (Å²) < 4.78 is 58.3. The van der Waals surface area contributed by atoms with Crippen molar-refractivity contribution in [2.45, 2.75) is 24.7 Å².